The molecule has 5 aliphatic carbocycles. The fraction of sp³-hybridized carbons (Fsp3) is 0.680. The molecule has 4 fully saturated rings. The van der Waals surface area contributed by atoms with Gasteiger partial charge in [-0.1, -0.05) is 24.3 Å². The van der Waals surface area contributed by atoms with Crippen molar-refractivity contribution in [1.29, 1.82) is 0 Å². The van der Waals surface area contributed by atoms with E-state index in [1.807, 2.05) is 13.8 Å². The van der Waals surface area contributed by atoms with Crippen LogP contribution in [0.4, 0.5) is 4.79 Å². The summed E-state index contributed by atoms with van der Waals surface area (Å²) >= 11 is 0. The third-order valence-electron chi connectivity index (χ3n) is 8.13. The molecule has 1 amide bonds. The molecule has 4 bridgehead atoms. The fourth-order valence-electron chi connectivity index (χ4n) is 7.06. The lowest BCUT2D eigenvalue weighted by molar-refractivity contribution is -0.165. The van der Waals surface area contributed by atoms with E-state index in [9.17, 15) is 14.7 Å². The highest BCUT2D eigenvalue weighted by Crippen LogP contribution is 2.57. The molecule has 0 aromatic heterocycles. The zero-order valence-electron chi connectivity index (χ0n) is 18.4. The molecule has 6 rings (SSSR count). The van der Waals surface area contributed by atoms with Gasteiger partial charge in [-0.3, -0.25) is 4.79 Å². The highest BCUT2D eigenvalue weighted by molar-refractivity contribution is 5.84. The Kier molecular flexibility index (Phi) is 5.04. The molecule has 0 aliphatic heterocycles. The van der Waals surface area contributed by atoms with Gasteiger partial charge in [-0.15, -0.1) is 0 Å². The second-order valence-electron chi connectivity index (χ2n) is 10.8. The van der Waals surface area contributed by atoms with E-state index < -0.39 is 17.4 Å². The van der Waals surface area contributed by atoms with Gasteiger partial charge in [0.1, 0.15) is 11.2 Å². The average molecular weight is 428 g/mol. The zero-order chi connectivity index (χ0) is 21.8. The van der Waals surface area contributed by atoms with Gasteiger partial charge in [0.15, 0.2) is 0 Å². The van der Waals surface area contributed by atoms with Crippen molar-refractivity contribution in [2.75, 3.05) is 0 Å². The highest BCUT2D eigenvalue weighted by atomic mass is 16.7. The molecule has 1 aromatic rings. The maximum Gasteiger partial charge on any atom is 0.506 e. The van der Waals surface area contributed by atoms with E-state index in [1.54, 1.807) is 0 Å². The Balaban J connectivity index is 1.23. The van der Waals surface area contributed by atoms with Crippen molar-refractivity contribution in [3.05, 3.63) is 35.4 Å². The number of amides is 1. The van der Waals surface area contributed by atoms with Gasteiger partial charge in [0, 0.05) is 6.04 Å². The Morgan fingerprint density at radius 3 is 2.45 bits per heavy atom. The van der Waals surface area contributed by atoms with Gasteiger partial charge in [0.2, 0.25) is 0 Å². The first-order valence-corrected chi connectivity index (χ1v) is 11.7. The second kappa shape index (κ2) is 7.51. The van der Waals surface area contributed by atoms with E-state index in [-0.39, 0.29) is 29.9 Å². The summed E-state index contributed by atoms with van der Waals surface area (Å²) in [7, 11) is 0. The van der Waals surface area contributed by atoms with Gasteiger partial charge in [-0.2, -0.15) is 0 Å². The quantitative estimate of drug-likeness (QED) is 0.691. The average Bonchev–Trinajstić information content (AvgIpc) is 2.68. The van der Waals surface area contributed by atoms with Crippen molar-refractivity contribution < 1.29 is 24.2 Å². The van der Waals surface area contributed by atoms with E-state index in [0.717, 1.165) is 51.4 Å². The van der Waals surface area contributed by atoms with Crippen LogP contribution in [0.1, 0.15) is 63.5 Å². The van der Waals surface area contributed by atoms with Crippen LogP contribution in [0, 0.1) is 17.8 Å². The predicted molar refractivity (Wildman–Crippen MR) is 115 cm³/mol. The fourth-order valence-corrected chi connectivity index (χ4v) is 7.06. The first-order valence-electron chi connectivity index (χ1n) is 11.7. The first kappa shape index (κ1) is 20.8. The van der Waals surface area contributed by atoms with Crippen LogP contribution < -0.4 is 5.32 Å². The van der Waals surface area contributed by atoms with Gasteiger partial charge < -0.3 is 19.9 Å². The summed E-state index contributed by atoms with van der Waals surface area (Å²) in [6.07, 6.45) is 6.00. The summed E-state index contributed by atoms with van der Waals surface area (Å²) in [5.41, 5.74) is 1.27. The lowest BCUT2D eigenvalue weighted by Gasteiger charge is -2.59. The molecule has 3 unspecified atom stereocenters. The number of hydrogen-bond acceptors (Lipinski definition) is 4. The lowest BCUT2D eigenvalue weighted by atomic mass is 9.52. The largest absolute Gasteiger partial charge is 0.506 e. The minimum Gasteiger partial charge on any atom is -0.450 e. The number of ether oxygens (including phenoxy) is 2. The van der Waals surface area contributed by atoms with Crippen LogP contribution in [-0.2, 0) is 27.1 Å². The van der Waals surface area contributed by atoms with Crippen LogP contribution in [0.3, 0.4) is 0 Å². The Bertz CT molecular complexity index is 864. The summed E-state index contributed by atoms with van der Waals surface area (Å²) < 4.78 is 11.7. The monoisotopic (exact) mass is 427 g/mol. The molecular weight excluding hydrogens is 394 g/mol. The summed E-state index contributed by atoms with van der Waals surface area (Å²) in [5.74, 6) is 1.02. The zero-order valence-corrected chi connectivity index (χ0v) is 18.4. The molecule has 5 aliphatic rings. The number of aryl methyl sites for hydroxylation is 1. The van der Waals surface area contributed by atoms with Crippen LogP contribution in [0.25, 0.3) is 0 Å². The molecular formula is C25H33NO5. The van der Waals surface area contributed by atoms with E-state index in [2.05, 4.69) is 29.6 Å². The van der Waals surface area contributed by atoms with Gasteiger partial charge in [-0.25, -0.2) is 4.79 Å². The Labute approximate surface area is 183 Å². The molecule has 0 radical (unpaired) electrons. The van der Waals surface area contributed by atoms with E-state index in [1.165, 1.54) is 11.1 Å². The van der Waals surface area contributed by atoms with Crippen LogP contribution in [0.2, 0.25) is 0 Å². The number of rotatable bonds is 5. The van der Waals surface area contributed by atoms with Crippen molar-refractivity contribution in [3.63, 3.8) is 0 Å². The lowest BCUT2D eigenvalue weighted by Crippen LogP contribution is -2.64. The second-order valence-corrected chi connectivity index (χ2v) is 10.8. The number of hydrogen-bond donors (Lipinski definition) is 2. The van der Waals surface area contributed by atoms with E-state index in [4.69, 9.17) is 9.47 Å². The van der Waals surface area contributed by atoms with Gasteiger partial charge in [0.05, 0.1) is 6.10 Å². The minimum absolute atomic E-state index is 0.0429. The molecule has 168 valence electrons. The highest BCUT2D eigenvalue weighted by Gasteiger charge is 2.58. The number of nitrogens with one attached hydrogen (secondary N) is 1. The summed E-state index contributed by atoms with van der Waals surface area (Å²) in [6.45, 7) is 3.74. The molecule has 3 atom stereocenters. The number of carbonyl (C=O) groups excluding carboxylic acids is 1. The third-order valence-corrected chi connectivity index (χ3v) is 8.13. The molecule has 0 heterocycles. The van der Waals surface area contributed by atoms with Crippen molar-refractivity contribution in [1.82, 2.24) is 5.32 Å². The van der Waals surface area contributed by atoms with Crippen molar-refractivity contribution in [2.24, 2.45) is 17.8 Å². The van der Waals surface area contributed by atoms with Gasteiger partial charge in [0.25, 0.3) is 5.91 Å². The number of fused-ring (bicyclic) bond motifs is 1. The molecule has 4 saturated carbocycles. The summed E-state index contributed by atoms with van der Waals surface area (Å²) in [5, 5.41) is 12.5. The SMILES string of the molecule is CC(C)(OC1CCc2ccccc2C1)C(=O)NC1C2CC3CC1CC(OC(=O)O)(C3)C2. The summed E-state index contributed by atoms with van der Waals surface area (Å²) in [4.78, 5) is 24.5. The van der Waals surface area contributed by atoms with Crippen LogP contribution in [-0.4, -0.2) is 40.5 Å². The molecule has 6 nitrogen and oxygen atoms in total. The third kappa shape index (κ3) is 3.95. The van der Waals surface area contributed by atoms with E-state index >= 15 is 0 Å². The van der Waals surface area contributed by atoms with Crippen LogP contribution in [0.15, 0.2) is 24.3 Å². The minimum atomic E-state index is -1.17. The van der Waals surface area contributed by atoms with Crippen molar-refractivity contribution in [2.45, 2.75) is 88.6 Å². The first-order chi connectivity index (χ1) is 14.7. The normalized spacial score (nSPS) is 36.0. The molecule has 1 aromatic carbocycles. The van der Waals surface area contributed by atoms with Gasteiger partial charge >= 0.3 is 6.16 Å². The molecule has 31 heavy (non-hydrogen) atoms. The maximum absolute atomic E-state index is 13.3. The Morgan fingerprint density at radius 2 is 1.77 bits per heavy atom. The number of carbonyl (C=O) groups is 2. The standard InChI is InChI=1S/C25H33NO5/c1-24(2,30-20-8-7-16-5-3-4-6-17(16)11-20)22(27)26-21-18-9-15-10-19(21)14-25(12-15,13-18)31-23(28)29/h3-6,15,18-21H,7-14H2,1-2H3,(H,26,27)(H,28,29). The van der Waals surface area contributed by atoms with Crippen molar-refractivity contribution in [3.8, 4) is 0 Å². The molecule has 0 saturated heterocycles. The van der Waals surface area contributed by atoms with E-state index in [0.29, 0.717) is 5.92 Å². The van der Waals surface area contributed by atoms with Crippen molar-refractivity contribution >= 4 is 12.1 Å². The molecule has 6 heteroatoms. The molecule has 0 spiro atoms. The van der Waals surface area contributed by atoms with Gasteiger partial charge in [-0.05, 0) is 94.1 Å². The van der Waals surface area contributed by atoms with Crippen LogP contribution in [0.5, 0.6) is 0 Å². The number of benzene rings is 1. The maximum atomic E-state index is 13.3. The topological polar surface area (TPSA) is 84.9 Å². The summed E-state index contributed by atoms with van der Waals surface area (Å²) in [6, 6.07) is 8.56. The Hall–Kier alpha value is -2.08. The molecule has 2 N–H and O–H groups in total. The van der Waals surface area contributed by atoms with Crippen LogP contribution >= 0.6 is 0 Å². The predicted octanol–water partition coefficient (Wildman–Crippen LogP) is 4.10. The smallest absolute Gasteiger partial charge is 0.450 e. The Morgan fingerprint density at radius 1 is 1.10 bits per heavy atom. The number of carboxylic acid groups (broad SMARTS) is 1.